The number of rotatable bonds is 5. The van der Waals surface area contributed by atoms with Crippen molar-refractivity contribution in [1.29, 1.82) is 0 Å². The van der Waals surface area contributed by atoms with Crippen molar-refractivity contribution >= 4 is 0 Å². The molecule has 0 amide bonds. The first-order valence-electron chi connectivity index (χ1n) is 9.02. The lowest BCUT2D eigenvalue weighted by molar-refractivity contribution is 0.204. The van der Waals surface area contributed by atoms with E-state index in [1.165, 1.54) is 12.0 Å². The Kier molecular flexibility index (Phi) is 5.63. The van der Waals surface area contributed by atoms with Crippen LogP contribution in [0.1, 0.15) is 44.6 Å². The van der Waals surface area contributed by atoms with Crippen LogP contribution in [0.3, 0.4) is 0 Å². The standard InChI is InChI=1S/C19H29N5/c1-16(2)24-19(20-15-21-24)14-22-10-9-17(3)23(12-11-22)13-18-7-5-4-6-8-18/h4-8,15-17H,9-14H2,1-3H3. The molecule has 1 aromatic carbocycles. The molecule has 3 rings (SSSR count). The van der Waals surface area contributed by atoms with E-state index in [4.69, 9.17) is 0 Å². The molecule has 5 nitrogen and oxygen atoms in total. The summed E-state index contributed by atoms with van der Waals surface area (Å²) in [6.07, 6.45) is 2.88. The summed E-state index contributed by atoms with van der Waals surface area (Å²) in [4.78, 5) is 9.58. The number of hydrogen-bond donors (Lipinski definition) is 0. The Labute approximate surface area is 145 Å². The lowest BCUT2D eigenvalue weighted by Gasteiger charge is -2.26. The summed E-state index contributed by atoms with van der Waals surface area (Å²) in [6.45, 7) is 11.9. The van der Waals surface area contributed by atoms with E-state index in [0.29, 0.717) is 12.1 Å². The molecule has 0 aliphatic carbocycles. The molecule has 2 aromatic rings. The minimum absolute atomic E-state index is 0.364. The van der Waals surface area contributed by atoms with Gasteiger partial charge in [-0.2, -0.15) is 5.10 Å². The second-order valence-corrected chi connectivity index (χ2v) is 7.08. The average Bonchev–Trinajstić information content (AvgIpc) is 2.98. The molecule has 0 N–H and O–H groups in total. The summed E-state index contributed by atoms with van der Waals surface area (Å²) in [6, 6.07) is 11.8. The highest BCUT2D eigenvalue weighted by molar-refractivity contribution is 5.14. The molecular formula is C19H29N5. The summed E-state index contributed by atoms with van der Waals surface area (Å²) in [5, 5.41) is 4.36. The van der Waals surface area contributed by atoms with Crippen LogP contribution in [0.4, 0.5) is 0 Å². The van der Waals surface area contributed by atoms with Gasteiger partial charge < -0.3 is 0 Å². The first-order chi connectivity index (χ1) is 11.6. The predicted molar refractivity (Wildman–Crippen MR) is 96.6 cm³/mol. The van der Waals surface area contributed by atoms with Gasteiger partial charge in [0.05, 0.1) is 6.54 Å². The molecule has 1 aliphatic heterocycles. The fraction of sp³-hybridized carbons (Fsp3) is 0.579. The highest BCUT2D eigenvalue weighted by Gasteiger charge is 2.22. The molecule has 0 spiro atoms. The summed E-state index contributed by atoms with van der Waals surface area (Å²) in [7, 11) is 0. The summed E-state index contributed by atoms with van der Waals surface area (Å²) >= 11 is 0. The smallest absolute Gasteiger partial charge is 0.141 e. The molecule has 5 heteroatoms. The van der Waals surface area contributed by atoms with E-state index in [0.717, 1.165) is 38.5 Å². The van der Waals surface area contributed by atoms with Crippen molar-refractivity contribution in [2.24, 2.45) is 0 Å². The van der Waals surface area contributed by atoms with Crippen LogP contribution in [0.25, 0.3) is 0 Å². The SMILES string of the molecule is CC1CCN(Cc2ncnn2C(C)C)CCN1Cc1ccccc1. The van der Waals surface area contributed by atoms with Gasteiger partial charge in [0.1, 0.15) is 12.2 Å². The minimum Gasteiger partial charge on any atom is -0.295 e. The van der Waals surface area contributed by atoms with Crippen molar-refractivity contribution in [2.45, 2.75) is 52.4 Å². The number of benzene rings is 1. The molecule has 1 fully saturated rings. The maximum absolute atomic E-state index is 4.46. The maximum Gasteiger partial charge on any atom is 0.141 e. The molecule has 2 heterocycles. The molecule has 1 saturated heterocycles. The third kappa shape index (κ3) is 4.22. The van der Waals surface area contributed by atoms with Crippen molar-refractivity contribution in [3.63, 3.8) is 0 Å². The van der Waals surface area contributed by atoms with Crippen LogP contribution in [0.5, 0.6) is 0 Å². The van der Waals surface area contributed by atoms with Crippen LogP contribution in [0.15, 0.2) is 36.7 Å². The quantitative estimate of drug-likeness (QED) is 0.846. The zero-order valence-electron chi connectivity index (χ0n) is 15.1. The Morgan fingerprint density at radius 3 is 2.62 bits per heavy atom. The lowest BCUT2D eigenvalue weighted by Crippen LogP contribution is -2.34. The molecule has 1 atom stereocenters. The fourth-order valence-electron chi connectivity index (χ4n) is 3.38. The molecule has 1 aromatic heterocycles. The zero-order chi connectivity index (χ0) is 16.9. The average molecular weight is 327 g/mol. The van der Waals surface area contributed by atoms with Crippen LogP contribution >= 0.6 is 0 Å². The molecule has 24 heavy (non-hydrogen) atoms. The third-order valence-electron chi connectivity index (χ3n) is 4.92. The second kappa shape index (κ2) is 7.90. The number of aromatic nitrogens is 3. The largest absolute Gasteiger partial charge is 0.295 e. The topological polar surface area (TPSA) is 37.2 Å². The molecule has 0 saturated carbocycles. The van der Waals surface area contributed by atoms with E-state index >= 15 is 0 Å². The molecule has 1 aliphatic rings. The van der Waals surface area contributed by atoms with Gasteiger partial charge in [0.15, 0.2) is 0 Å². The molecule has 0 radical (unpaired) electrons. The van der Waals surface area contributed by atoms with Crippen molar-refractivity contribution < 1.29 is 0 Å². The normalized spacial score (nSPS) is 20.4. The van der Waals surface area contributed by atoms with Gasteiger partial charge in [-0.05, 0) is 32.8 Å². The van der Waals surface area contributed by atoms with Crippen LogP contribution in [0, 0.1) is 0 Å². The van der Waals surface area contributed by atoms with Crippen molar-refractivity contribution in [1.82, 2.24) is 24.6 Å². The van der Waals surface area contributed by atoms with Gasteiger partial charge >= 0.3 is 0 Å². The van der Waals surface area contributed by atoms with Crippen molar-refractivity contribution in [3.05, 3.63) is 48.0 Å². The minimum atomic E-state index is 0.364. The van der Waals surface area contributed by atoms with E-state index < -0.39 is 0 Å². The molecule has 0 bridgehead atoms. The Morgan fingerprint density at radius 1 is 1.08 bits per heavy atom. The van der Waals surface area contributed by atoms with E-state index in [9.17, 15) is 0 Å². The maximum atomic E-state index is 4.46. The lowest BCUT2D eigenvalue weighted by atomic mass is 10.1. The van der Waals surface area contributed by atoms with Gasteiger partial charge in [0, 0.05) is 38.3 Å². The number of hydrogen-bond acceptors (Lipinski definition) is 4. The van der Waals surface area contributed by atoms with Crippen LogP contribution in [0.2, 0.25) is 0 Å². The van der Waals surface area contributed by atoms with Gasteiger partial charge in [0.25, 0.3) is 0 Å². The van der Waals surface area contributed by atoms with Gasteiger partial charge in [-0.3, -0.25) is 9.80 Å². The zero-order valence-corrected chi connectivity index (χ0v) is 15.1. The Hall–Kier alpha value is -1.72. The summed E-state index contributed by atoms with van der Waals surface area (Å²) in [5.41, 5.74) is 1.40. The van der Waals surface area contributed by atoms with Gasteiger partial charge in [-0.15, -0.1) is 0 Å². The van der Waals surface area contributed by atoms with E-state index in [2.05, 4.69) is 71.0 Å². The van der Waals surface area contributed by atoms with E-state index in [1.807, 2.05) is 4.68 Å². The van der Waals surface area contributed by atoms with Gasteiger partial charge in [0.2, 0.25) is 0 Å². The first-order valence-corrected chi connectivity index (χ1v) is 9.02. The van der Waals surface area contributed by atoms with Gasteiger partial charge in [-0.25, -0.2) is 9.67 Å². The van der Waals surface area contributed by atoms with Crippen molar-refractivity contribution in [3.8, 4) is 0 Å². The Bertz CT molecular complexity index is 622. The van der Waals surface area contributed by atoms with E-state index in [1.54, 1.807) is 6.33 Å². The second-order valence-electron chi connectivity index (χ2n) is 7.08. The highest BCUT2D eigenvalue weighted by Crippen LogP contribution is 2.16. The number of nitrogens with zero attached hydrogens (tertiary/aromatic N) is 5. The van der Waals surface area contributed by atoms with Crippen LogP contribution < -0.4 is 0 Å². The summed E-state index contributed by atoms with van der Waals surface area (Å²) in [5.74, 6) is 1.08. The Morgan fingerprint density at radius 2 is 1.88 bits per heavy atom. The highest BCUT2D eigenvalue weighted by atomic mass is 15.4. The third-order valence-corrected chi connectivity index (χ3v) is 4.92. The van der Waals surface area contributed by atoms with Crippen LogP contribution in [-0.4, -0.2) is 50.2 Å². The molecule has 130 valence electrons. The molecule has 1 unspecified atom stereocenters. The molecular weight excluding hydrogens is 298 g/mol. The van der Waals surface area contributed by atoms with Gasteiger partial charge in [-0.1, -0.05) is 30.3 Å². The summed E-state index contributed by atoms with van der Waals surface area (Å²) < 4.78 is 2.04. The van der Waals surface area contributed by atoms with Crippen molar-refractivity contribution in [2.75, 3.05) is 19.6 Å². The Balaban J connectivity index is 1.60. The van der Waals surface area contributed by atoms with Crippen LogP contribution in [-0.2, 0) is 13.1 Å². The fourth-order valence-corrected chi connectivity index (χ4v) is 3.38. The van der Waals surface area contributed by atoms with E-state index in [-0.39, 0.29) is 0 Å². The monoisotopic (exact) mass is 327 g/mol. The predicted octanol–water partition coefficient (Wildman–Crippen LogP) is 2.96. The first kappa shape index (κ1) is 17.1.